The van der Waals surface area contributed by atoms with Crippen LogP contribution in [0.4, 0.5) is 0 Å². The lowest BCUT2D eigenvalue weighted by atomic mass is 9.97. The molecule has 0 aliphatic heterocycles. The summed E-state index contributed by atoms with van der Waals surface area (Å²) < 4.78 is 0. The molecule has 0 spiro atoms. The van der Waals surface area contributed by atoms with Crippen LogP contribution in [0.15, 0.2) is 60.7 Å². The maximum atomic E-state index is 12.2. The van der Waals surface area contributed by atoms with Crippen LogP contribution in [-0.2, 0) is 16.0 Å². The second-order valence-electron chi connectivity index (χ2n) is 5.60. The number of hydrogen-bond donors (Lipinski definition) is 2. The van der Waals surface area contributed by atoms with E-state index in [1.165, 1.54) is 0 Å². The molecule has 1 unspecified atom stereocenters. The number of carbonyl (C=O) groups is 2. The number of benzene rings is 2. The van der Waals surface area contributed by atoms with Crippen LogP contribution in [0.5, 0.6) is 0 Å². The molecule has 2 atom stereocenters. The van der Waals surface area contributed by atoms with Crippen LogP contribution in [0, 0.1) is 5.92 Å². The molecule has 2 N–H and O–H groups in total. The zero-order chi connectivity index (χ0) is 16.7. The van der Waals surface area contributed by atoms with Gasteiger partial charge in [-0.3, -0.25) is 9.59 Å². The van der Waals surface area contributed by atoms with Crippen LogP contribution in [0.25, 0.3) is 0 Å². The number of aliphatic carboxylic acids is 1. The van der Waals surface area contributed by atoms with Gasteiger partial charge in [0, 0.05) is 6.54 Å². The van der Waals surface area contributed by atoms with E-state index in [2.05, 4.69) is 5.32 Å². The third-order valence-electron chi connectivity index (χ3n) is 3.89. The van der Waals surface area contributed by atoms with Crippen molar-refractivity contribution < 1.29 is 14.7 Å². The van der Waals surface area contributed by atoms with Gasteiger partial charge in [0.1, 0.15) is 0 Å². The minimum Gasteiger partial charge on any atom is -0.481 e. The number of amides is 1. The smallest absolute Gasteiger partial charge is 0.308 e. The van der Waals surface area contributed by atoms with E-state index in [0.717, 1.165) is 11.1 Å². The number of carboxylic acid groups (broad SMARTS) is 1. The first-order chi connectivity index (χ1) is 11.1. The summed E-state index contributed by atoms with van der Waals surface area (Å²) in [7, 11) is 0. The number of nitrogens with one attached hydrogen (secondary N) is 1. The zero-order valence-electron chi connectivity index (χ0n) is 13.1. The molecule has 4 heteroatoms. The minimum atomic E-state index is -0.901. The van der Waals surface area contributed by atoms with Crippen molar-refractivity contribution in [3.63, 3.8) is 0 Å². The van der Waals surface area contributed by atoms with Gasteiger partial charge in [-0.15, -0.1) is 0 Å². The molecule has 23 heavy (non-hydrogen) atoms. The lowest BCUT2D eigenvalue weighted by Crippen LogP contribution is -2.36. The largest absolute Gasteiger partial charge is 0.481 e. The molecule has 1 amide bonds. The van der Waals surface area contributed by atoms with E-state index in [0.29, 0.717) is 6.42 Å². The summed E-state index contributed by atoms with van der Waals surface area (Å²) in [5.41, 5.74) is 1.87. The third-order valence-corrected chi connectivity index (χ3v) is 3.89. The Balaban J connectivity index is 1.93. The molecule has 2 rings (SSSR count). The van der Waals surface area contributed by atoms with Crippen LogP contribution in [0.1, 0.15) is 24.0 Å². The first kappa shape index (κ1) is 16.7. The number of carboxylic acids is 1. The fraction of sp³-hybridized carbons (Fsp3) is 0.263. The highest BCUT2D eigenvalue weighted by atomic mass is 16.4. The van der Waals surface area contributed by atoms with Gasteiger partial charge < -0.3 is 10.4 Å². The van der Waals surface area contributed by atoms with Gasteiger partial charge in [0.2, 0.25) is 5.91 Å². The van der Waals surface area contributed by atoms with Crippen LogP contribution in [0.3, 0.4) is 0 Å². The molecule has 0 fully saturated rings. The predicted octanol–water partition coefficient (Wildman–Crippen LogP) is 2.85. The molecular weight excluding hydrogens is 290 g/mol. The summed E-state index contributed by atoms with van der Waals surface area (Å²) in [6, 6.07) is 18.9. The fourth-order valence-electron chi connectivity index (χ4n) is 2.42. The first-order valence-electron chi connectivity index (χ1n) is 7.67. The van der Waals surface area contributed by atoms with Gasteiger partial charge in [-0.05, 0) is 24.5 Å². The second kappa shape index (κ2) is 8.13. The molecule has 0 aromatic heterocycles. The molecule has 4 nitrogen and oxygen atoms in total. The van der Waals surface area contributed by atoms with Crippen molar-refractivity contribution in [1.82, 2.24) is 5.32 Å². The average molecular weight is 311 g/mol. The van der Waals surface area contributed by atoms with Crippen molar-refractivity contribution in [2.45, 2.75) is 19.3 Å². The molecule has 0 aliphatic carbocycles. The van der Waals surface area contributed by atoms with Crippen molar-refractivity contribution >= 4 is 11.9 Å². The van der Waals surface area contributed by atoms with Gasteiger partial charge in [-0.1, -0.05) is 60.7 Å². The predicted molar refractivity (Wildman–Crippen MR) is 89.1 cm³/mol. The summed E-state index contributed by atoms with van der Waals surface area (Å²) >= 11 is 0. The summed E-state index contributed by atoms with van der Waals surface area (Å²) in [5, 5.41) is 12.1. The molecule has 0 saturated carbocycles. The van der Waals surface area contributed by atoms with E-state index < -0.39 is 11.9 Å². The molecule has 0 bridgehead atoms. The van der Waals surface area contributed by atoms with E-state index in [1.54, 1.807) is 0 Å². The lowest BCUT2D eigenvalue weighted by molar-refractivity contribution is -0.141. The first-order valence-corrected chi connectivity index (χ1v) is 7.67. The molecule has 120 valence electrons. The van der Waals surface area contributed by atoms with Gasteiger partial charge in [0.05, 0.1) is 11.8 Å². The zero-order valence-corrected chi connectivity index (χ0v) is 13.1. The van der Waals surface area contributed by atoms with E-state index in [4.69, 9.17) is 0 Å². The molecular formula is C19H21NO3. The van der Waals surface area contributed by atoms with E-state index >= 15 is 0 Å². The highest BCUT2D eigenvalue weighted by Crippen LogP contribution is 2.15. The normalized spacial score (nSPS) is 13.1. The van der Waals surface area contributed by atoms with Gasteiger partial charge in [-0.2, -0.15) is 0 Å². The van der Waals surface area contributed by atoms with Crippen molar-refractivity contribution in [3.8, 4) is 0 Å². The Morgan fingerprint density at radius 3 is 2.13 bits per heavy atom. The summed E-state index contributed by atoms with van der Waals surface area (Å²) in [4.78, 5) is 23.6. The maximum Gasteiger partial charge on any atom is 0.308 e. The lowest BCUT2D eigenvalue weighted by Gasteiger charge is -2.16. The molecule has 0 radical (unpaired) electrons. The SMILES string of the molecule is C[C@@H](C(=O)NCC(Cc1ccccc1)C(=O)O)c1ccccc1. The van der Waals surface area contributed by atoms with Crippen LogP contribution >= 0.6 is 0 Å². The van der Waals surface area contributed by atoms with Gasteiger partial charge in [-0.25, -0.2) is 0 Å². The molecule has 0 saturated heterocycles. The topological polar surface area (TPSA) is 66.4 Å². The highest BCUT2D eigenvalue weighted by molar-refractivity contribution is 5.83. The molecule has 0 heterocycles. The number of rotatable bonds is 7. The van der Waals surface area contributed by atoms with Crippen LogP contribution in [-0.4, -0.2) is 23.5 Å². The molecule has 2 aromatic carbocycles. The Labute approximate surface area is 136 Å². The minimum absolute atomic E-state index is 0.125. The highest BCUT2D eigenvalue weighted by Gasteiger charge is 2.21. The summed E-state index contributed by atoms with van der Waals surface area (Å²) in [6.07, 6.45) is 0.399. The molecule has 0 aliphatic rings. The van der Waals surface area contributed by atoms with Gasteiger partial charge in [0.15, 0.2) is 0 Å². The summed E-state index contributed by atoms with van der Waals surface area (Å²) in [5.74, 6) is -2.00. The van der Waals surface area contributed by atoms with Crippen LogP contribution < -0.4 is 5.32 Å². The second-order valence-corrected chi connectivity index (χ2v) is 5.60. The van der Waals surface area contributed by atoms with Gasteiger partial charge >= 0.3 is 5.97 Å². The average Bonchev–Trinajstić information content (AvgIpc) is 2.59. The fourth-order valence-corrected chi connectivity index (χ4v) is 2.42. The Hall–Kier alpha value is -2.62. The van der Waals surface area contributed by atoms with Crippen molar-refractivity contribution in [2.75, 3.05) is 6.54 Å². The van der Waals surface area contributed by atoms with Crippen molar-refractivity contribution in [1.29, 1.82) is 0 Å². The standard InChI is InChI=1S/C19H21NO3/c1-14(16-10-6-3-7-11-16)18(21)20-13-17(19(22)23)12-15-8-4-2-5-9-15/h2-11,14,17H,12-13H2,1H3,(H,20,21)(H,22,23)/t14-,17?/m1/s1. The van der Waals surface area contributed by atoms with Crippen LogP contribution in [0.2, 0.25) is 0 Å². The van der Waals surface area contributed by atoms with Gasteiger partial charge in [0.25, 0.3) is 0 Å². The van der Waals surface area contributed by atoms with Crippen molar-refractivity contribution in [3.05, 3.63) is 71.8 Å². The van der Waals surface area contributed by atoms with Crippen molar-refractivity contribution in [2.24, 2.45) is 5.92 Å². The Kier molecular flexibility index (Phi) is 5.92. The van der Waals surface area contributed by atoms with E-state index in [1.807, 2.05) is 67.6 Å². The summed E-state index contributed by atoms with van der Waals surface area (Å²) in [6.45, 7) is 1.94. The third kappa shape index (κ3) is 4.95. The number of carbonyl (C=O) groups excluding carboxylic acids is 1. The Morgan fingerprint density at radius 1 is 1.00 bits per heavy atom. The molecule has 2 aromatic rings. The van der Waals surface area contributed by atoms with E-state index in [-0.39, 0.29) is 18.4 Å². The van der Waals surface area contributed by atoms with E-state index in [9.17, 15) is 14.7 Å². The maximum absolute atomic E-state index is 12.2. The quantitative estimate of drug-likeness (QED) is 0.826. The monoisotopic (exact) mass is 311 g/mol. The Bertz CT molecular complexity index is 640. The Morgan fingerprint density at radius 2 is 1.57 bits per heavy atom. The number of hydrogen-bond acceptors (Lipinski definition) is 2.